The smallest absolute Gasteiger partial charge is 0.166 e. The number of nitrogens with one attached hydrogen (secondary N) is 2. The molecule has 2 unspecified atom stereocenters. The van der Waals surface area contributed by atoms with Crippen molar-refractivity contribution in [1.82, 2.24) is 25.5 Å². The van der Waals surface area contributed by atoms with Crippen LogP contribution in [0.2, 0.25) is 0 Å². The number of hydrogen-bond donors (Lipinski definition) is 2. The average molecular weight is 345 g/mol. The number of fused-ring (bicyclic) bond motifs is 3. The summed E-state index contributed by atoms with van der Waals surface area (Å²) in [6.45, 7) is 2.56. The molecule has 3 aromatic heterocycles. The third-order valence-electron chi connectivity index (χ3n) is 4.63. The first-order valence-electron chi connectivity index (χ1n) is 8.13. The molecule has 0 bridgehead atoms. The summed E-state index contributed by atoms with van der Waals surface area (Å²) >= 11 is 0. The first kappa shape index (κ1) is 15.5. The molecule has 1 saturated heterocycles. The molecule has 1 aliphatic rings. The normalized spacial score (nSPS) is 21.7. The number of sulfone groups is 1. The second-order valence-corrected chi connectivity index (χ2v) is 8.43. The first-order chi connectivity index (χ1) is 11.6. The maximum absolute atomic E-state index is 12.6. The van der Waals surface area contributed by atoms with E-state index in [1.165, 1.54) is 0 Å². The van der Waals surface area contributed by atoms with E-state index in [9.17, 15) is 8.42 Å². The molecule has 0 aliphatic carbocycles. The van der Waals surface area contributed by atoms with E-state index in [1.54, 1.807) is 18.6 Å². The van der Waals surface area contributed by atoms with E-state index in [4.69, 9.17) is 0 Å². The van der Waals surface area contributed by atoms with Crippen LogP contribution in [0.4, 0.5) is 0 Å². The van der Waals surface area contributed by atoms with E-state index in [2.05, 4.69) is 25.5 Å². The van der Waals surface area contributed by atoms with Crippen molar-refractivity contribution in [2.75, 3.05) is 12.3 Å². The Bertz CT molecular complexity index is 998. The lowest BCUT2D eigenvalue weighted by molar-refractivity contribution is 0.554. The van der Waals surface area contributed by atoms with Gasteiger partial charge in [0.1, 0.15) is 5.37 Å². The molecule has 0 radical (unpaired) electrons. The van der Waals surface area contributed by atoms with Crippen LogP contribution in [0.1, 0.15) is 31.4 Å². The second-order valence-electron chi connectivity index (χ2n) is 6.19. The van der Waals surface area contributed by atoms with Crippen LogP contribution in [0, 0.1) is 0 Å². The zero-order chi connectivity index (χ0) is 16.7. The molecular formula is C16H19N5O2S. The number of pyridine rings is 1. The molecule has 3 aromatic rings. The molecular weight excluding hydrogens is 326 g/mol. The number of rotatable bonds is 4. The fraction of sp³-hybridized carbons (Fsp3) is 0.438. The Morgan fingerprint density at radius 2 is 2.17 bits per heavy atom. The highest BCUT2D eigenvalue weighted by Crippen LogP contribution is 2.36. The van der Waals surface area contributed by atoms with E-state index >= 15 is 0 Å². The minimum atomic E-state index is -3.21. The number of nitrogens with zero attached hydrogens (tertiary/aromatic N) is 3. The third-order valence-corrected chi connectivity index (χ3v) is 6.88. The summed E-state index contributed by atoms with van der Waals surface area (Å²) < 4.78 is 25.3. The zero-order valence-corrected chi connectivity index (χ0v) is 14.2. The lowest BCUT2D eigenvalue weighted by Gasteiger charge is -2.21. The van der Waals surface area contributed by atoms with Crippen molar-refractivity contribution < 1.29 is 8.42 Å². The van der Waals surface area contributed by atoms with E-state index in [-0.39, 0.29) is 11.7 Å². The lowest BCUT2D eigenvalue weighted by Crippen LogP contribution is -2.36. The SMILES string of the molecule is CCCS(=O)(=O)C1NCCC1c1[nH]ncc2cnc3nccc3c12. The minimum absolute atomic E-state index is 0.154. The van der Waals surface area contributed by atoms with Crippen molar-refractivity contribution in [3.63, 3.8) is 0 Å². The number of aromatic nitrogens is 4. The monoisotopic (exact) mass is 345 g/mol. The van der Waals surface area contributed by atoms with Crippen LogP contribution in [-0.2, 0) is 9.84 Å². The Morgan fingerprint density at radius 1 is 1.29 bits per heavy atom. The summed E-state index contributed by atoms with van der Waals surface area (Å²) in [6.07, 6.45) is 6.55. The van der Waals surface area contributed by atoms with Crippen molar-refractivity contribution in [1.29, 1.82) is 0 Å². The molecule has 0 amide bonds. The van der Waals surface area contributed by atoms with E-state index in [0.29, 0.717) is 18.6 Å². The van der Waals surface area contributed by atoms with Gasteiger partial charge in [0.15, 0.2) is 15.5 Å². The van der Waals surface area contributed by atoms with Gasteiger partial charge in [0.25, 0.3) is 0 Å². The van der Waals surface area contributed by atoms with Crippen molar-refractivity contribution >= 4 is 31.6 Å². The Kier molecular flexibility index (Phi) is 3.73. The third kappa shape index (κ3) is 2.37. The summed E-state index contributed by atoms with van der Waals surface area (Å²) in [6, 6.07) is 1.92. The minimum Gasteiger partial charge on any atom is -0.301 e. The Balaban J connectivity index is 1.91. The van der Waals surface area contributed by atoms with Crippen molar-refractivity contribution in [2.45, 2.75) is 31.1 Å². The molecule has 0 saturated carbocycles. The van der Waals surface area contributed by atoms with Gasteiger partial charge in [-0.15, -0.1) is 0 Å². The average Bonchev–Trinajstić information content (AvgIpc) is 3.23. The molecule has 4 rings (SSSR count). The quantitative estimate of drug-likeness (QED) is 0.747. The summed E-state index contributed by atoms with van der Waals surface area (Å²) in [4.78, 5) is 8.59. The lowest BCUT2D eigenvalue weighted by atomic mass is 9.98. The topological polar surface area (TPSA) is 101 Å². The number of H-pyrrole nitrogens is 1. The van der Waals surface area contributed by atoms with Gasteiger partial charge in [0.2, 0.25) is 0 Å². The van der Waals surface area contributed by atoms with Gasteiger partial charge in [0.05, 0.1) is 11.9 Å². The van der Waals surface area contributed by atoms with Gasteiger partial charge < -0.3 is 5.32 Å². The van der Waals surface area contributed by atoms with Gasteiger partial charge >= 0.3 is 0 Å². The van der Waals surface area contributed by atoms with Crippen LogP contribution >= 0.6 is 0 Å². The highest BCUT2D eigenvalue weighted by Gasteiger charge is 2.39. The van der Waals surface area contributed by atoms with Gasteiger partial charge in [0, 0.05) is 40.2 Å². The summed E-state index contributed by atoms with van der Waals surface area (Å²) in [5.41, 5.74) is 1.52. The molecule has 126 valence electrons. The predicted octanol–water partition coefficient (Wildman–Crippen LogP) is 1.73. The van der Waals surface area contributed by atoms with Crippen LogP contribution in [0.25, 0.3) is 21.8 Å². The van der Waals surface area contributed by atoms with E-state index in [0.717, 1.165) is 28.3 Å². The van der Waals surface area contributed by atoms with Crippen molar-refractivity contribution in [3.8, 4) is 0 Å². The van der Waals surface area contributed by atoms with Gasteiger partial charge in [-0.25, -0.2) is 18.4 Å². The van der Waals surface area contributed by atoms with Crippen LogP contribution in [0.5, 0.6) is 0 Å². The maximum atomic E-state index is 12.6. The molecule has 7 nitrogen and oxygen atoms in total. The largest absolute Gasteiger partial charge is 0.301 e. The Labute approximate surface area is 139 Å². The molecule has 0 aromatic carbocycles. The standard InChI is InChI=1S/C16H19N5O2S/c1-2-7-24(22,23)16-12(4-6-18-16)14-13-10(9-20-21-14)8-19-15-11(13)3-5-17-15/h3,5,8-9,12,16,18,21H,2,4,6-7H2,1H3. The highest BCUT2D eigenvalue weighted by atomic mass is 32.2. The van der Waals surface area contributed by atoms with Gasteiger partial charge in [-0.2, -0.15) is 5.10 Å². The van der Waals surface area contributed by atoms with E-state index in [1.807, 2.05) is 13.0 Å². The van der Waals surface area contributed by atoms with E-state index < -0.39 is 15.2 Å². The Morgan fingerprint density at radius 3 is 3.00 bits per heavy atom. The molecule has 0 spiro atoms. The molecule has 4 heterocycles. The highest BCUT2D eigenvalue weighted by molar-refractivity contribution is 7.92. The summed E-state index contributed by atoms with van der Waals surface area (Å²) in [5, 5.41) is 12.7. The molecule has 2 atom stereocenters. The number of aromatic amines is 1. The summed E-state index contributed by atoms with van der Waals surface area (Å²) in [7, 11) is -3.21. The van der Waals surface area contributed by atoms with Crippen LogP contribution in [-0.4, -0.2) is 46.3 Å². The van der Waals surface area contributed by atoms with Gasteiger partial charge in [-0.05, 0) is 25.5 Å². The fourth-order valence-corrected chi connectivity index (χ4v) is 5.60. The molecule has 1 aliphatic heterocycles. The van der Waals surface area contributed by atoms with Crippen LogP contribution in [0.15, 0.2) is 24.7 Å². The Hall–Kier alpha value is -2.06. The number of hydrogen-bond acceptors (Lipinski definition) is 6. The van der Waals surface area contributed by atoms with Crippen LogP contribution < -0.4 is 5.32 Å². The van der Waals surface area contributed by atoms with Crippen molar-refractivity contribution in [2.24, 2.45) is 0 Å². The summed E-state index contributed by atoms with van der Waals surface area (Å²) in [5.74, 6) is 0.0344. The molecule has 1 fully saturated rings. The van der Waals surface area contributed by atoms with Crippen LogP contribution in [0.3, 0.4) is 0 Å². The zero-order valence-electron chi connectivity index (χ0n) is 13.4. The predicted molar refractivity (Wildman–Crippen MR) is 92.4 cm³/mol. The molecule has 8 heteroatoms. The van der Waals surface area contributed by atoms with Crippen molar-refractivity contribution in [3.05, 3.63) is 30.4 Å². The fourth-order valence-electron chi connectivity index (χ4n) is 3.63. The molecule has 2 N–H and O–H groups in total. The first-order valence-corrected chi connectivity index (χ1v) is 9.85. The second kappa shape index (κ2) is 5.78. The molecule has 24 heavy (non-hydrogen) atoms. The maximum Gasteiger partial charge on any atom is 0.166 e. The van der Waals surface area contributed by atoms with Gasteiger partial charge in [-0.3, -0.25) is 5.10 Å². The van der Waals surface area contributed by atoms with Gasteiger partial charge in [-0.1, -0.05) is 6.92 Å².